The minimum absolute atomic E-state index is 0.208. The number of benzene rings is 2. The normalized spacial score (nSPS) is 10.4. The van der Waals surface area contributed by atoms with Gasteiger partial charge < -0.3 is 15.0 Å². The maximum Gasteiger partial charge on any atom is 0.271 e. The molecule has 0 saturated heterocycles. The van der Waals surface area contributed by atoms with Gasteiger partial charge in [0.25, 0.3) is 11.8 Å². The number of aryl methyl sites for hydroxylation is 2. The lowest BCUT2D eigenvalue weighted by Crippen LogP contribution is -2.24. The van der Waals surface area contributed by atoms with Crippen LogP contribution in [0.25, 0.3) is 0 Å². The Bertz CT molecular complexity index is 1060. The fourth-order valence-corrected chi connectivity index (χ4v) is 2.93. The van der Waals surface area contributed by atoms with E-state index in [2.05, 4.69) is 10.3 Å². The van der Waals surface area contributed by atoms with Gasteiger partial charge in [0, 0.05) is 14.1 Å². The van der Waals surface area contributed by atoms with Crippen molar-refractivity contribution in [1.82, 2.24) is 9.88 Å². The molecule has 0 atom stereocenters. The molecule has 2 amide bonds. The number of nitrogens with zero attached hydrogens (tertiary/aromatic N) is 2. The van der Waals surface area contributed by atoms with E-state index in [0.29, 0.717) is 35.0 Å². The third-order valence-corrected chi connectivity index (χ3v) is 4.58. The number of ether oxygens (including phenoxy) is 1. The van der Waals surface area contributed by atoms with Crippen molar-refractivity contribution in [2.24, 2.45) is 0 Å². The molecule has 6 nitrogen and oxygen atoms in total. The fourth-order valence-electron chi connectivity index (χ4n) is 2.93. The summed E-state index contributed by atoms with van der Waals surface area (Å²) in [6.45, 7) is 4.08. The van der Waals surface area contributed by atoms with Crippen LogP contribution in [0.2, 0.25) is 0 Å². The first kappa shape index (κ1) is 21.0. The first-order valence-electron chi connectivity index (χ1n) is 9.63. The van der Waals surface area contributed by atoms with Gasteiger partial charge in [0.05, 0.1) is 16.9 Å². The summed E-state index contributed by atoms with van der Waals surface area (Å²) in [6.07, 6.45) is 0. The van der Waals surface area contributed by atoms with E-state index in [0.717, 1.165) is 11.1 Å². The zero-order valence-electron chi connectivity index (χ0n) is 17.6. The lowest BCUT2D eigenvalue weighted by molar-refractivity contribution is 0.0821. The smallest absolute Gasteiger partial charge is 0.271 e. The van der Waals surface area contributed by atoms with Crippen LogP contribution < -0.4 is 10.1 Å². The average Bonchev–Trinajstić information content (AvgIpc) is 2.73. The lowest BCUT2D eigenvalue weighted by atomic mass is 10.1. The standard InChI is InChI=1S/C24H25N3O3/c1-16-10-12-20(22(14-16)30-15-18-8-6-5-7-9-18)26-23(28)19-11-13-21(25-17(19)2)24(29)27(3)4/h5-14H,15H2,1-4H3,(H,26,28). The molecular weight excluding hydrogens is 378 g/mol. The lowest BCUT2D eigenvalue weighted by Gasteiger charge is -2.15. The zero-order chi connectivity index (χ0) is 21.7. The molecule has 30 heavy (non-hydrogen) atoms. The minimum Gasteiger partial charge on any atom is -0.487 e. The van der Waals surface area contributed by atoms with Crippen molar-refractivity contribution in [3.8, 4) is 5.75 Å². The first-order chi connectivity index (χ1) is 14.3. The van der Waals surface area contributed by atoms with Gasteiger partial charge in [-0.2, -0.15) is 0 Å². The Morgan fingerprint density at radius 2 is 1.73 bits per heavy atom. The van der Waals surface area contributed by atoms with Crippen molar-refractivity contribution in [3.63, 3.8) is 0 Å². The van der Waals surface area contributed by atoms with Crippen LogP contribution in [0.3, 0.4) is 0 Å². The minimum atomic E-state index is -0.308. The monoisotopic (exact) mass is 403 g/mol. The molecule has 1 heterocycles. The number of carbonyl (C=O) groups excluding carboxylic acids is 2. The van der Waals surface area contributed by atoms with E-state index < -0.39 is 0 Å². The molecule has 0 aliphatic carbocycles. The largest absolute Gasteiger partial charge is 0.487 e. The molecule has 0 saturated carbocycles. The first-order valence-corrected chi connectivity index (χ1v) is 9.63. The maximum absolute atomic E-state index is 12.9. The van der Waals surface area contributed by atoms with Gasteiger partial charge >= 0.3 is 0 Å². The molecule has 0 fully saturated rings. The predicted octanol–water partition coefficient (Wildman–Crippen LogP) is 4.23. The number of pyridine rings is 1. The Balaban J connectivity index is 1.79. The summed E-state index contributed by atoms with van der Waals surface area (Å²) >= 11 is 0. The molecule has 3 rings (SSSR count). The number of hydrogen-bond donors (Lipinski definition) is 1. The summed E-state index contributed by atoms with van der Waals surface area (Å²) in [6, 6.07) is 18.6. The van der Waals surface area contributed by atoms with Gasteiger partial charge in [-0.05, 0) is 49.2 Å². The van der Waals surface area contributed by atoms with Crippen molar-refractivity contribution >= 4 is 17.5 Å². The highest BCUT2D eigenvalue weighted by Gasteiger charge is 2.16. The second-order valence-electron chi connectivity index (χ2n) is 7.26. The van der Waals surface area contributed by atoms with Crippen molar-refractivity contribution in [1.29, 1.82) is 0 Å². The van der Waals surface area contributed by atoms with Crippen LogP contribution in [0.1, 0.15) is 37.7 Å². The Kier molecular flexibility index (Phi) is 6.47. The molecule has 3 aromatic rings. The molecular formula is C24H25N3O3. The summed E-state index contributed by atoms with van der Waals surface area (Å²) in [5, 5.41) is 2.90. The summed E-state index contributed by atoms with van der Waals surface area (Å²) in [5.74, 6) is 0.0784. The van der Waals surface area contributed by atoms with E-state index in [4.69, 9.17) is 4.74 Å². The highest BCUT2D eigenvalue weighted by Crippen LogP contribution is 2.27. The maximum atomic E-state index is 12.9. The van der Waals surface area contributed by atoms with Gasteiger partial charge in [-0.25, -0.2) is 4.98 Å². The Morgan fingerprint density at radius 3 is 2.40 bits per heavy atom. The number of amides is 2. The number of aromatic nitrogens is 1. The van der Waals surface area contributed by atoms with Crippen molar-refractivity contribution in [3.05, 3.63) is 88.7 Å². The average molecular weight is 403 g/mol. The van der Waals surface area contributed by atoms with Crippen LogP contribution in [0.15, 0.2) is 60.7 Å². The number of carbonyl (C=O) groups is 2. The molecule has 154 valence electrons. The number of nitrogens with one attached hydrogen (secondary N) is 1. The van der Waals surface area contributed by atoms with E-state index in [1.807, 2.05) is 55.5 Å². The van der Waals surface area contributed by atoms with E-state index in [9.17, 15) is 9.59 Å². The highest BCUT2D eigenvalue weighted by molar-refractivity contribution is 6.06. The molecule has 1 aromatic heterocycles. The van der Waals surface area contributed by atoms with E-state index in [1.165, 1.54) is 4.90 Å². The molecule has 1 N–H and O–H groups in total. The predicted molar refractivity (Wildman–Crippen MR) is 117 cm³/mol. The fraction of sp³-hybridized carbons (Fsp3) is 0.208. The second-order valence-corrected chi connectivity index (χ2v) is 7.26. The molecule has 0 spiro atoms. The van der Waals surface area contributed by atoms with Crippen LogP contribution >= 0.6 is 0 Å². The van der Waals surface area contributed by atoms with Gasteiger partial charge in [-0.1, -0.05) is 36.4 Å². The van der Waals surface area contributed by atoms with Crippen LogP contribution in [-0.2, 0) is 6.61 Å². The van der Waals surface area contributed by atoms with Gasteiger partial charge in [0.15, 0.2) is 0 Å². The summed E-state index contributed by atoms with van der Waals surface area (Å²) in [4.78, 5) is 30.7. The van der Waals surface area contributed by atoms with Crippen molar-refractivity contribution in [2.45, 2.75) is 20.5 Å². The van der Waals surface area contributed by atoms with Crippen LogP contribution in [0.4, 0.5) is 5.69 Å². The van der Waals surface area contributed by atoms with Crippen LogP contribution in [-0.4, -0.2) is 35.8 Å². The van der Waals surface area contributed by atoms with Crippen LogP contribution in [0, 0.1) is 13.8 Å². The number of rotatable bonds is 6. The van der Waals surface area contributed by atoms with E-state index >= 15 is 0 Å². The van der Waals surface area contributed by atoms with Gasteiger partial charge in [-0.3, -0.25) is 9.59 Å². The molecule has 2 aromatic carbocycles. The van der Waals surface area contributed by atoms with Gasteiger partial charge in [0.2, 0.25) is 0 Å². The second kappa shape index (κ2) is 9.22. The summed E-state index contributed by atoms with van der Waals surface area (Å²) in [7, 11) is 3.32. The molecule has 0 aliphatic heterocycles. The molecule has 0 aliphatic rings. The number of anilines is 1. The zero-order valence-corrected chi connectivity index (χ0v) is 17.6. The highest BCUT2D eigenvalue weighted by atomic mass is 16.5. The topological polar surface area (TPSA) is 71.5 Å². The Hall–Kier alpha value is -3.67. The molecule has 0 radical (unpaired) electrons. The third kappa shape index (κ3) is 5.03. The van der Waals surface area contributed by atoms with Gasteiger partial charge in [0.1, 0.15) is 18.1 Å². The van der Waals surface area contributed by atoms with E-state index in [1.54, 1.807) is 33.2 Å². The van der Waals surface area contributed by atoms with Crippen molar-refractivity contribution < 1.29 is 14.3 Å². The van der Waals surface area contributed by atoms with Crippen LogP contribution in [0.5, 0.6) is 5.75 Å². The van der Waals surface area contributed by atoms with Gasteiger partial charge in [-0.15, -0.1) is 0 Å². The molecule has 0 unspecified atom stereocenters. The quantitative estimate of drug-likeness (QED) is 0.669. The Morgan fingerprint density at radius 1 is 1.00 bits per heavy atom. The Labute approximate surface area is 176 Å². The molecule has 6 heteroatoms. The van der Waals surface area contributed by atoms with E-state index in [-0.39, 0.29) is 11.8 Å². The summed E-state index contributed by atoms with van der Waals surface area (Å²) in [5.41, 5.74) is 3.84. The molecule has 0 bridgehead atoms. The van der Waals surface area contributed by atoms with Crippen molar-refractivity contribution in [2.75, 3.05) is 19.4 Å². The summed E-state index contributed by atoms with van der Waals surface area (Å²) < 4.78 is 5.97. The third-order valence-electron chi connectivity index (χ3n) is 4.58. The number of hydrogen-bond acceptors (Lipinski definition) is 4. The SMILES string of the molecule is Cc1ccc(NC(=O)c2ccc(C(=O)N(C)C)nc2C)c(OCc2ccccc2)c1.